The Morgan fingerprint density at radius 1 is 0.871 bits per heavy atom. The number of methoxy groups -OCH3 is 1. The fraction of sp³-hybridized carbons (Fsp3) is 0.231. The van der Waals surface area contributed by atoms with Crippen molar-refractivity contribution in [1.82, 2.24) is 0 Å². The molecule has 5 nitrogen and oxygen atoms in total. The first-order chi connectivity index (χ1) is 15.2. The first kappa shape index (κ1) is 20.7. The zero-order valence-corrected chi connectivity index (χ0v) is 17.4. The molecular weight excluding hydrogens is 392 g/mol. The quantitative estimate of drug-likeness (QED) is 0.511. The highest BCUT2D eigenvalue weighted by Gasteiger charge is 2.26. The van der Waals surface area contributed by atoms with Crippen molar-refractivity contribution < 1.29 is 23.8 Å². The Kier molecular flexibility index (Phi) is 6.32. The summed E-state index contributed by atoms with van der Waals surface area (Å²) < 4.78 is 16.4. The van der Waals surface area contributed by atoms with Crippen LogP contribution >= 0.6 is 0 Å². The predicted molar refractivity (Wildman–Crippen MR) is 116 cm³/mol. The molecule has 0 fully saturated rings. The first-order valence-electron chi connectivity index (χ1n) is 10.3. The van der Waals surface area contributed by atoms with Gasteiger partial charge in [0.1, 0.15) is 18.5 Å². The topological polar surface area (TPSA) is 61.8 Å². The number of esters is 2. The molecular formula is C26H24O5. The van der Waals surface area contributed by atoms with Gasteiger partial charge in [0, 0.05) is 0 Å². The van der Waals surface area contributed by atoms with E-state index in [0.29, 0.717) is 0 Å². The fourth-order valence-electron chi connectivity index (χ4n) is 3.81. The summed E-state index contributed by atoms with van der Waals surface area (Å²) in [6.07, 6.45) is 2.41. The largest absolute Gasteiger partial charge is 0.497 e. The zero-order valence-electron chi connectivity index (χ0n) is 17.4. The minimum Gasteiger partial charge on any atom is -0.497 e. The number of rotatable bonds is 6. The second kappa shape index (κ2) is 9.47. The summed E-state index contributed by atoms with van der Waals surface area (Å²) in [6.45, 7) is 0.0994. The molecule has 0 heterocycles. The molecule has 0 radical (unpaired) electrons. The van der Waals surface area contributed by atoms with Gasteiger partial charge in [-0.15, -0.1) is 0 Å². The van der Waals surface area contributed by atoms with Crippen molar-refractivity contribution in [2.45, 2.75) is 32.0 Å². The highest BCUT2D eigenvalue weighted by molar-refractivity contribution is 6.03. The lowest BCUT2D eigenvalue weighted by Gasteiger charge is -2.25. The van der Waals surface area contributed by atoms with E-state index in [1.54, 1.807) is 43.5 Å². The predicted octanol–water partition coefficient (Wildman–Crippen LogP) is 5.29. The molecule has 0 spiro atoms. The molecule has 4 rings (SSSR count). The van der Waals surface area contributed by atoms with Crippen molar-refractivity contribution in [3.8, 4) is 5.75 Å². The van der Waals surface area contributed by atoms with Gasteiger partial charge in [-0.05, 0) is 60.2 Å². The van der Waals surface area contributed by atoms with Crippen LogP contribution in [0.3, 0.4) is 0 Å². The standard InChI is InChI=1S/C26H24O5/c1-29-20-15-13-18(14-16-20)17-30-25(27)22-10-4-5-11-23(22)26(28)31-24-12-6-8-19-7-2-3-9-21(19)24/h2-5,7,9-11,13-16,24H,6,8,12,17H2,1H3. The van der Waals surface area contributed by atoms with Gasteiger partial charge >= 0.3 is 11.9 Å². The molecule has 3 aromatic rings. The molecule has 158 valence electrons. The molecule has 5 heteroatoms. The number of ether oxygens (including phenoxy) is 3. The molecule has 0 amide bonds. The average molecular weight is 416 g/mol. The summed E-state index contributed by atoms with van der Waals surface area (Å²) in [5.41, 5.74) is 3.49. The summed E-state index contributed by atoms with van der Waals surface area (Å²) >= 11 is 0. The maximum absolute atomic E-state index is 12.9. The van der Waals surface area contributed by atoms with Gasteiger partial charge in [0.2, 0.25) is 0 Å². The van der Waals surface area contributed by atoms with Gasteiger partial charge in [0.25, 0.3) is 0 Å². The van der Waals surface area contributed by atoms with Crippen LogP contribution < -0.4 is 4.74 Å². The van der Waals surface area contributed by atoms with Gasteiger partial charge in [0.15, 0.2) is 0 Å². The number of hydrogen-bond acceptors (Lipinski definition) is 5. The van der Waals surface area contributed by atoms with Gasteiger partial charge in [-0.25, -0.2) is 9.59 Å². The lowest BCUT2D eigenvalue weighted by atomic mass is 9.89. The molecule has 31 heavy (non-hydrogen) atoms. The van der Waals surface area contributed by atoms with Crippen molar-refractivity contribution in [3.63, 3.8) is 0 Å². The van der Waals surface area contributed by atoms with Gasteiger partial charge in [-0.3, -0.25) is 0 Å². The maximum Gasteiger partial charge on any atom is 0.339 e. The van der Waals surface area contributed by atoms with Gasteiger partial charge < -0.3 is 14.2 Å². The molecule has 0 aliphatic heterocycles. The summed E-state index contributed by atoms with van der Waals surface area (Å²) in [5.74, 6) is -0.349. The summed E-state index contributed by atoms with van der Waals surface area (Å²) in [6, 6.07) is 21.9. The van der Waals surface area contributed by atoms with Crippen LogP contribution in [0.2, 0.25) is 0 Å². The normalized spacial score (nSPS) is 14.9. The zero-order chi connectivity index (χ0) is 21.6. The SMILES string of the molecule is COc1ccc(COC(=O)c2ccccc2C(=O)OC2CCCc3ccccc32)cc1. The van der Waals surface area contributed by atoms with Crippen molar-refractivity contribution in [2.75, 3.05) is 7.11 Å². The molecule has 0 saturated heterocycles. The lowest BCUT2D eigenvalue weighted by molar-refractivity contribution is 0.0246. The molecule has 1 aliphatic rings. The Labute approximate surface area is 181 Å². The van der Waals surface area contributed by atoms with Crippen LogP contribution in [0.5, 0.6) is 5.75 Å². The van der Waals surface area contributed by atoms with E-state index in [9.17, 15) is 9.59 Å². The summed E-state index contributed by atoms with van der Waals surface area (Å²) in [4.78, 5) is 25.7. The third kappa shape index (κ3) is 4.77. The second-order valence-electron chi connectivity index (χ2n) is 7.45. The van der Waals surface area contributed by atoms with Crippen molar-refractivity contribution in [1.29, 1.82) is 0 Å². The third-order valence-electron chi connectivity index (χ3n) is 5.46. The number of aryl methyl sites for hydroxylation is 1. The fourth-order valence-corrected chi connectivity index (χ4v) is 3.81. The van der Waals surface area contributed by atoms with Crippen LogP contribution in [0.15, 0.2) is 72.8 Å². The van der Waals surface area contributed by atoms with Crippen LogP contribution in [0.1, 0.15) is 56.4 Å². The molecule has 0 aromatic heterocycles. The Hall–Kier alpha value is -3.60. The Balaban J connectivity index is 1.46. The minimum atomic E-state index is -0.563. The molecule has 1 atom stereocenters. The Morgan fingerprint density at radius 2 is 1.55 bits per heavy atom. The van der Waals surface area contributed by atoms with E-state index in [1.165, 1.54) is 5.56 Å². The number of hydrogen-bond donors (Lipinski definition) is 0. The highest BCUT2D eigenvalue weighted by Crippen LogP contribution is 2.33. The highest BCUT2D eigenvalue weighted by atomic mass is 16.5. The van der Waals surface area contributed by atoms with Crippen LogP contribution in [0.25, 0.3) is 0 Å². The van der Waals surface area contributed by atoms with E-state index in [1.807, 2.05) is 30.3 Å². The summed E-state index contributed by atoms with van der Waals surface area (Å²) in [7, 11) is 1.59. The maximum atomic E-state index is 12.9. The van der Waals surface area contributed by atoms with E-state index in [-0.39, 0.29) is 23.8 Å². The van der Waals surface area contributed by atoms with Gasteiger partial charge in [0.05, 0.1) is 18.2 Å². The van der Waals surface area contributed by atoms with Crippen molar-refractivity contribution in [2.24, 2.45) is 0 Å². The number of benzene rings is 3. The smallest absolute Gasteiger partial charge is 0.339 e. The van der Waals surface area contributed by atoms with Crippen LogP contribution in [0, 0.1) is 0 Å². The molecule has 3 aromatic carbocycles. The van der Waals surface area contributed by atoms with Crippen LogP contribution in [-0.4, -0.2) is 19.0 Å². The van der Waals surface area contributed by atoms with Gasteiger partial charge in [-0.2, -0.15) is 0 Å². The molecule has 1 aliphatic carbocycles. The number of carbonyl (C=O) groups is 2. The number of fused-ring (bicyclic) bond motifs is 1. The Bertz CT molecular complexity index is 1070. The van der Waals surface area contributed by atoms with Gasteiger partial charge in [-0.1, -0.05) is 48.5 Å². The van der Waals surface area contributed by atoms with E-state index < -0.39 is 11.9 Å². The first-order valence-corrected chi connectivity index (χ1v) is 10.3. The van der Waals surface area contributed by atoms with Crippen molar-refractivity contribution >= 4 is 11.9 Å². The lowest BCUT2D eigenvalue weighted by Crippen LogP contribution is -2.19. The second-order valence-corrected chi connectivity index (χ2v) is 7.45. The average Bonchev–Trinajstić information content (AvgIpc) is 2.83. The minimum absolute atomic E-state index is 0.0994. The molecule has 1 unspecified atom stereocenters. The Morgan fingerprint density at radius 3 is 2.29 bits per heavy atom. The van der Waals surface area contributed by atoms with E-state index in [2.05, 4.69) is 6.07 Å². The molecule has 0 bridgehead atoms. The van der Waals surface area contributed by atoms with E-state index >= 15 is 0 Å². The van der Waals surface area contributed by atoms with E-state index in [4.69, 9.17) is 14.2 Å². The van der Waals surface area contributed by atoms with Crippen LogP contribution in [0.4, 0.5) is 0 Å². The number of carbonyl (C=O) groups excluding carboxylic acids is 2. The molecule has 0 saturated carbocycles. The summed E-state index contributed by atoms with van der Waals surface area (Å²) in [5, 5.41) is 0. The molecule has 0 N–H and O–H groups in total. The van der Waals surface area contributed by atoms with Crippen molar-refractivity contribution in [3.05, 3.63) is 101 Å². The van der Waals surface area contributed by atoms with Crippen LogP contribution in [-0.2, 0) is 22.5 Å². The van der Waals surface area contributed by atoms with E-state index in [0.717, 1.165) is 36.1 Å². The third-order valence-corrected chi connectivity index (χ3v) is 5.46. The monoisotopic (exact) mass is 416 g/mol.